The van der Waals surface area contributed by atoms with E-state index in [1.54, 1.807) is 30.6 Å². The fourth-order valence-electron chi connectivity index (χ4n) is 4.78. The van der Waals surface area contributed by atoms with Gasteiger partial charge >= 0.3 is 12.0 Å². The van der Waals surface area contributed by atoms with Crippen LogP contribution < -0.4 is 10.6 Å². The SMILES string of the molecule is COC(=O)C(Cc1ccccc1)NC(=O)Nc1ccc(C2OC(CSc3ncccn3)CC(c3ccc(CO)cc3)O2)cc1. The maximum atomic E-state index is 12.8. The van der Waals surface area contributed by atoms with E-state index in [-0.39, 0.29) is 18.8 Å². The number of amides is 2. The summed E-state index contributed by atoms with van der Waals surface area (Å²) < 4.78 is 17.7. The number of hydrogen-bond donors (Lipinski definition) is 3. The summed E-state index contributed by atoms with van der Waals surface area (Å²) in [6, 6.07) is 24.7. The normalized spacial score (nSPS) is 18.6. The molecule has 0 radical (unpaired) electrons. The Kier molecular flexibility index (Phi) is 10.9. The molecule has 1 aliphatic heterocycles. The Morgan fingerprint density at radius 3 is 2.32 bits per heavy atom. The zero-order valence-electron chi connectivity index (χ0n) is 24.2. The molecule has 0 saturated carbocycles. The summed E-state index contributed by atoms with van der Waals surface area (Å²) in [6.45, 7) is -0.0251. The van der Waals surface area contributed by atoms with Gasteiger partial charge in [-0.3, -0.25) is 0 Å². The maximum absolute atomic E-state index is 12.8. The molecule has 3 aromatic carbocycles. The van der Waals surface area contributed by atoms with Gasteiger partial charge in [-0.1, -0.05) is 78.5 Å². The van der Waals surface area contributed by atoms with E-state index in [0.717, 1.165) is 22.3 Å². The predicted octanol–water partition coefficient (Wildman–Crippen LogP) is 5.21. The molecule has 3 N–H and O–H groups in total. The number of anilines is 1. The number of benzene rings is 3. The van der Waals surface area contributed by atoms with Gasteiger partial charge in [-0.15, -0.1) is 0 Å². The largest absolute Gasteiger partial charge is 0.467 e. The molecule has 1 saturated heterocycles. The van der Waals surface area contributed by atoms with Crippen molar-refractivity contribution >= 4 is 29.4 Å². The minimum absolute atomic E-state index is 0.0251. The van der Waals surface area contributed by atoms with Gasteiger partial charge in [-0.05, 0) is 34.9 Å². The maximum Gasteiger partial charge on any atom is 0.328 e. The van der Waals surface area contributed by atoms with Crippen LogP contribution in [-0.4, -0.2) is 52.1 Å². The number of thioether (sulfide) groups is 1. The molecule has 2 amide bonds. The standard InChI is InChI=1S/C33H34N4O6S/c1-41-30(39)28(18-22-6-3-2-4-7-22)37-32(40)36-26-14-12-25(13-15-26)31-42-27(21-44-33-34-16-5-17-35-33)19-29(43-31)24-10-8-23(20-38)9-11-24/h2-17,27-29,31,38H,18-21H2,1H3,(H2,36,37,40). The number of esters is 1. The van der Waals surface area contributed by atoms with Gasteiger partial charge in [0.1, 0.15) is 6.04 Å². The van der Waals surface area contributed by atoms with Gasteiger partial charge in [0.05, 0.1) is 25.9 Å². The molecule has 228 valence electrons. The Bertz CT molecular complexity index is 1490. The fourth-order valence-corrected chi connectivity index (χ4v) is 5.60. The highest BCUT2D eigenvalue weighted by Crippen LogP contribution is 2.39. The van der Waals surface area contributed by atoms with Gasteiger partial charge in [0.2, 0.25) is 0 Å². The number of methoxy groups -OCH3 is 1. The number of hydrogen-bond acceptors (Lipinski definition) is 9. The number of ether oxygens (including phenoxy) is 3. The smallest absolute Gasteiger partial charge is 0.328 e. The zero-order chi connectivity index (χ0) is 30.7. The minimum Gasteiger partial charge on any atom is -0.467 e. The van der Waals surface area contributed by atoms with E-state index < -0.39 is 24.3 Å². The van der Waals surface area contributed by atoms with Crippen LogP contribution >= 0.6 is 11.8 Å². The number of urea groups is 1. The number of nitrogens with one attached hydrogen (secondary N) is 2. The fraction of sp³-hybridized carbons (Fsp3) is 0.273. The van der Waals surface area contributed by atoms with Gasteiger partial charge in [0.15, 0.2) is 11.4 Å². The Hall–Kier alpha value is -4.29. The van der Waals surface area contributed by atoms with E-state index in [1.807, 2.05) is 66.7 Å². The Labute approximate surface area is 260 Å². The van der Waals surface area contributed by atoms with Crippen molar-refractivity contribution in [2.24, 2.45) is 0 Å². The van der Waals surface area contributed by atoms with Crippen LogP contribution in [0.5, 0.6) is 0 Å². The lowest BCUT2D eigenvalue weighted by Crippen LogP contribution is -2.45. The molecule has 5 rings (SSSR count). The summed E-state index contributed by atoms with van der Waals surface area (Å²) in [7, 11) is 1.29. The zero-order valence-corrected chi connectivity index (χ0v) is 25.0. The van der Waals surface area contributed by atoms with E-state index in [9.17, 15) is 14.7 Å². The summed E-state index contributed by atoms with van der Waals surface area (Å²) in [6.07, 6.45) is 3.34. The van der Waals surface area contributed by atoms with Crippen LogP contribution in [0.3, 0.4) is 0 Å². The summed E-state index contributed by atoms with van der Waals surface area (Å²) in [5.74, 6) is 0.109. The molecule has 0 bridgehead atoms. The molecular weight excluding hydrogens is 580 g/mol. The molecule has 4 atom stereocenters. The monoisotopic (exact) mass is 614 g/mol. The summed E-state index contributed by atoms with van der Waals surface area (Å²) in [5, 5.41) is 15.6. The topological polar surface area (TPSA) is 132 Å². The van der Waals surface area contributed by atoms with Gasteiger partial charge in [0, 0.05) is 42.2 Å². The molecule has 11 heteroatoms. The molecule has 1 aliphatic rings. The first-order valence-electron chi connectivity index (χ1n) is 14.2. The first-order chi connectivity index (χ1) is 21.5. The quantitative estimate of drug-likeness (QED) is 0.118. The number of carbonyl (C=O) groups excluding carboxylic acids is 2. The van der Waals surface area contributed by atoms with E-state index in [1.165, 1.54) is 18.9 Å². The molecular formula is C33H34N4O6S. The van der Waals surface area contributed by atoms with Crippen molar-refractivity contribution in [3.8, 4) is 0 Å². The summed E-state index contributed by atoms with van der Waals surface area (Å²) >= 11 is 1.52. The lowest BCUT2D eigenvalue weighted by atomic mass is 10.0. The van der Waals surface area contributed by atoms with E-state index in [2.05, 4.69) is 20.6 Å². The molecule has 0 aliphatic carbocycles. The van der Waals surface area contributed by atoms with Crippen molar-refractivity contribution in [3.05, 3.63) is 120 Å². The van der Waals surface area contributed by atoms with Gasteiger partial charge in [-0.2, -0.15) is 0 Å². The third-order valence-corrected chi connectivity index (χ3v) is 8.08. The van der Waals surface area contributed by atoms with Crippen molar-refractivity contribution in [1.29, 1.82) is 0 Å². The predicted molar refractivity (Wildman–Crippen MR) is 166 cm³/mol. The average Bonchev–Trinajstić information content (AvgIpc) is 3.08. The number of aromatic nitrogens is 2. The molecule has 4 aromatic rings. The molecule has 1 fully saturated rings. The van der Waals surface area contributed by atoms with E-state index >= 15 is 0 Å². The van der Waals surface area contributed by atoms with Crippen molar-refractivity contribution in [2.45, 2.75) is 49.1 Å². The minimum atomic E-state index is -0.842. The molecule has 1 aromatic heterocycles. The van der Waals surface area contributed by atoms with E-state index in [0.29, 0.717) is 29.4 Å². The van der Waals surface area contributed by atoms with Gasteiger partial charge in [0.25, 0.3) is 0 Å². The van der Waals surface area contributed by atoms with Crippen LogP contribution in [0.4, 0.5) is 10.5 Å². The highest BCUT2D eigenvalue weighted by atomic mass is 32.2. The third-order valence-electron chi connectivity index (χ3n) is 7.07. The Balaban J connectivity index is 1.25. The Morgan fingerprint density at radius 2 is 1.64 bits per heavy atom. The number of nitrogens with zero attached hydrogens (tertiary/aromatic N) is 2. The average molecular weight is 615 g/mol. The van der Waals surface area contributed by atoms with E-state index in [4.69, 9.17) is 14.2 Å². The second kappa shape index (κ2) is 15.4. The second-order valence-corrected chi connectivity index (χ2v) is 11.2. The van der Waals surface area contributed by atoms with Crippen LogP contribution in [0.2, 0.25) is 0 Å². The highest BCUT2D eigenvalue weighted by molar-refractivity contribution is 7.99. The van der Waals surface area contributed by atoms with Crippen LogP contribution in [0.25, 0.3) is 0 Å². The Morgan fingerprint density at radius 1 is 0.932 bits per heavy atom. The van der Waals surface area contributed by atoms with Crippen molar-refractivity contribution in [3.63, 3.8) is 0 Å². The molecule has 2 heterocycles. The van der Waals surface area contributed by atoms with Crippen molar-refractivity contribution in [1.82, 2.24) is 15.3 Å². The van der Waals surface area contributed by atoms with Crippen LogP contribution in [0.1, 0.15) is 41.1 Å². The first-order valence-corrected chi connectivity index (χ1v) is 15.2. The number of rotatable bonds is 11. The van der Waals surface area contributed by atoms with Gasteiger partial charge < -0.3 is 30.0 Å². The van der Waals surface area contributed by atoms with Crippen molar-refractivity contribution < 1.29 is 28.9 Å². The van der Waals surface area contributed by atoms with Gasteiger partial charge in [-0.25, -0.2) is 19.6 Å². The number of aliphatic hydroxyl groups excluding tert-OH is 1. The summed E-state index contributed by atoms with van der Waals surface area (Å²) in [4.78, 5) is 33.7. The number of aliphatic hydroxyl groups is 1. The molecule has 10 nitrogen and oxygen atoms in total. The first kappa shape index (κ1) is 31.1. The lowest BCUT2D eigenvalue weighted by molar-refractivity contribution is -0.245. The van der Waals surface area contributed by atoms with Crippen LogP contribution in [-0.2, 0) is 32.0 Å². The lowest BCUT2D eigenvalue weighted by Gasteiger charge is -2.36. The molecule has 44 heavy (non-hydrogen) atoms. The number of carbonyl (C=O) groups is 2. The second-order valence-electron chi connectivity index (χ2n) is 10.2. The van der Waals surface area contributed by atoms with Crippen LogP contribution in [0, 0.1) is 0 Å². The highest BCUT2D eigenvalue weighted by Gasteiger charge is 2.32. The van der Waals surface area contributed by atoms with Crippen LogP contribution in [0.15, 0.2) is 102 Å². The third kappa shape index (κ3) is 8.64. The summed E-state index contributed by atoms with van der Waals surface area (Å²) in [5.41, 5.74) is 4.04. The molecule has 0 spiro atoms. The van der Waals surface area contributed by atoms with Crippen molar-refractivity contribution in [2.75, 3.05) is 18.2 Å². The molecule has 4 unspecified atom stereocenters.